The van der Waals surface area contributed by atoms with Gasteiger partial charge >= 0.3 is 11.7 Å². The number of hydrogen-bond donors (Lipinski definition) is 3. The molecule has 2 aromatic carbocycles. The summed E-state index contributed by atoms with van der Waals surface area (Å²) in [6, 6.07) is 15.6. The van der Waals surface area contributed by atoms with Crippen molar-refractivity contribution >= 4 is 29.0 Å². The van der Waals surface area contributed by atoms with Crippen LogP contribution in [-0.2, 0) is 6.42 Å². The molecule has 0 fully saturated rings. The molecule has 9 nitrogen and oxygen atoms in total. The Hall–Kier alpha value is -4.01. The van der Waals surface area contributed by atoms with E-state index < -0.39 is 10.9 Å². The predicted molar refractivity (Wildman–Crippen MR) is 104 cm³/mol. The molecule has 1 aromatic heterocycles. The molecule has 0 amide bonds. The van der Waals surface area contributed by atoms with Crippen molar-refractivity contribution < 1.29 is 14.8 Å². The molecule has 0 aliphatic carbocycles. The summed E-state index contributed by atoms with van der Waals surface area (Å²) in [5.41, 5.74) is 1.41. The summed E-state index contributed by atoms with van der Waals surface area (Å²) in [5, 5.41) is 26.3. The molecule has 3 rings (SSSR count). The van der Waals surface area contributed by atoms with Crippen LogP contribution >= 0.6 is 0 Å². The van der Waals surface area contributed by atoms with Crippen molar-refractivity contribution in [1.82, 2.24) is 9.97 Å². The van der Waals surface area contributed by atoms with Crippen LogP contribution in [0.15, 0.2) is 60.9 Å². The number of nitrogens with zero attached hydrogens (tertiary/aromatic N) is 3. The van der Waals surface area contributed by atoms with Gasteiger partial charge in [0.2, 0.25) is 11.6 Å². The summed E-state index contributed by atoms with van der Waals surface area (Å²) in [4.78, 5) is 29.9. The van der Waals surface area contributed by atoms with Crippen molar-refractivity contribution in [1.29, 1.82) is 0 Å². The Morgan fingerprint density at radius 1 is 1.04 bits per heavy atom. The number of anilines is 3. The summed E-state index contributed by atoms with van der Waals surface area (Å²) in [5.74, 6) is -0.921. The maximum Gasteiger partial charge on any atom is 0.353 e. The van der Waals surface area contributed by atoms with Gasteiger partial charge in [-0.05, 0) is 36.2 Å². The molecule has 142 valence electrons. The van der Waals surface area contributed by atoms with E-state index in [0.717, 1.165) is 5.56 Å². The van der Waals surface area contributed by atoms with Crippen molar-refractivity contribution in [3.05, 3.63) is 82.2 Å². The number of carboxylic acids is 1. The number of rotatable bonds is 8. The Bertz CT molecular complexity index is 977. The van der Waals surface area contributed by atoms with Gasteiger partial charge in [-0.3, -0.25) is 10.1 Å². The Morgan fingerprint density at radius 2 is 1.71 bits per heavy atom. The monoisotopic (exact) mass is 379 g/mol. The van der Waals surface area contributed by atoms with Crippen LogP contribution in [0, 0.1) is 10.1 Å². The Morgan fingerprint density at radius 3 is 2.36 bits per heavy atom. The Kier molecular flexibility index (Phi) is 5.75. The average Bonchev–Trinajstić information content (AvgIpc) is 2.69. The number of aromatic carboxylic acids is 1. The van der Waals surface area contributed by atoms with E-state index in [9.17, 15) is 14.9 Å². The van der Waals surface area contributed by atoms with E-state index in [0.29, 0.717) is 18.7 Å². The van der Waals surface area contributed by atoms with Crippen LogP contribution in [0.25, 0.3) is 0 Å². The zero-order chi connectivity index (χ0) is 19.9. The molecule has 0 saturated carbocycles. The minimum Gasteiger partial charge on any atom is -0.478 e. The zero-order valence-electron chi connectivity index (χ0n) is 14.7. The van der Waals surface area contributed by atoms with Crippen LogP contribution in [0.1, 0.15) is 15.9 Å². The van der Waals surface area contributed by atoms with E-state index in [4.69, 9.17) is 5.11 Å². The molecule has 28 heavy (non-hydrogen) atoms. The zero-order valence-corrected chi connectivity index (χ0v) is 14.7. The second kappa shape index (κ2) is 8.58. The summed E-state index contributed by atoms with van der Waals surface area (Å²) in [7, 11) is 0. The van der Waals surface area contributed by atoms with Gasteiger partial charge in [-0.1, -0.05) is 30.3 Å². The molecule has 3 N–H and O–H groups in total. The molecule has 0 unspecified atom stereocenters. The maximum absolute atomic E-state index is 11.6. The van der Waals surface area contributed by atoms with Gasteiger partial charge in [-0.15, -0.1) is 0 Å². The fourth-order valence-electron chi connectivity index (χ4n) is 2.58. The summed E-state index contributed by atoms with van der Waals surface area (Å²) in [6.45, 7) is 0.467. The first-order valence-corrected chi connectivity index (χ1v) is 8.42. The number of benzene rings is 2. The summed E-state index contributed by atoms with van der Waals surface area (Å²) >= 11 is 0. The van der Waals surface area contributed by atoms with Crippen LogP contribution in [0.3, 0.4) is 0 Å². The highest BCUT2D eigenvalue weighted by molar-refractivity contribution is 5.88. The quantitative estimate of drug-likeness (QED) is 0.400. The standard InChI is InChI=1S/C19H17N5O4/c25-19(26)14-6-8-15(9-7-14)23-18-16(24(27)28)17(21-12-22-18)20-11-10-13-4-2-1-3-5-13/h1-9,12H,10-11H2,(H,25,26)(H2,20,21,22,23). The molecule has 9 heteroatoms. The van der Waals surface area contributed by atoms with Gasteiger partial charge < -0.3 is 15.7 Å². The maximum atomic E-state index is 11.6. The molecule has 0 bridgehead atoms. The largest absolute Gasteiger partial charge is 0.478 e. The van der Waals surface area contributed by atoms with Crippen molar-refractivity contribution in [3.8, 4) is 0 Å². The highest BCUT2D eigenvalue weighted by atomic mass is 16.6. The summed E-state index contributed by atoms with van der Waals surface area (Å²) in [6.07, 6.45) is 1.91. The SMILES string of the molecule is O=C(O)c1ccc(Nc2ncnc(NCCc3ccccc3)c2[N+](=O)[O-])cc1. The van der Waals surface area contributed by atoms with Crippen molar-refractivity contribution in [2.24, 2.45) is 0 Å². The number of carboxylic acid groups (broad SMARTS) is 1. The minimum atomic E-state index is -1.05. The predicted octanol–water partition coefficient (Wildman–Crippen LogP) is 3.48. The van der Waals surface area contributed by atoms with Gasteiger partial charge in [0.05, 0.1) is 10.5 Å². The van der Waals surface area contributed by atoms with E-state index >= 15 is 0 Å². The lowest BCUT2D eigenvalue weighted by Gasteiger charge is -2.10. The van der Waals surface area contributed by atoms with Gasteiger partial charge in [-0.2, -0.15) is 0 Å². The molecular formula is C19H17N5O4. The fourth-order valence-corrected chi connectivity index (χ4v) is 2.58. The van der Waals surface area contributed by atoms with Gasteiger partial charge in [0.15, 0.2) is 0 Å². The first-order chi connectivity index (χ1) is 13.5. The van der Waals surface area contributed by atoms with E-state index in [1.807, 2.05) is 30.3 Å². The van der Waals surface area contributed by atoms with Gasteiger partial charge in [0.1, 0.15) is 6.33 Å². The molecule has 1 heterocycles. The van der Waals surface area contributed by atoms with Crippen LogP contribution in [0.2, 0.25) is 0 Å². The summed E-state index contributed by atoms with van der Waals surface area (Å²) < 4.78 is 0. The normalized spacial score (nSPS) is 10.3. The Labute approximate surface area is 160 Å². The number of nitro groups is 1. The molecule has 0 atom stereocenters. The molecule has 0 spiro atoms. The number of nitrogens with one attached hydrogen (secondary N) is 2. The molecule has 0 aliphatic heterocycles. The second-order valence-electron chi connectivity index (χ2n) is 5.85. The van der Waals surface area contributed by atoms with E-state index in [1.165, 1.54) is 30.6 Å². The third-order valence-corrected chi connectivity index (χ3v) is 3.95. The fraction of sp³-hybridized carbons (Fsp3) is 0.105. The molecule has 0 radical (unpaired) electrons. The molecule has 0 aliphatic rings. The lowest BCUT2D eigenvalue weighted by Crippen LogP contribution is -2.10. The number of carbonyl (C=O) groups is 1. The first kappa shape index (κ1) is 18.8. The highest BCUT2D eigenvalue weighted by Gasteiger charge is 2.23. The number of hydrogen-bond acceptors (Lipinski definition) is 7. The lowest BCUT2D eigenvalue weighted by atomic mass is 10.1. The second-order valence-corrected chi connectivity index (χ2v) is 5.85. The Balaban J connectivity index is 1.77. The molecule has 0 saturated heterocycles. The third kappa shape index (κ3) is 4.58. The van der Waals surface area contributed by atoms with Gasteiger partial charge in [0.25, 0.3) is 0 Å². The smallest absolute Gasteiger partial charge is 0.353 e. The van der Waals surface area contributed by atoms with Gasteiger partial charge in [-0.25, -0.2) is 14.8 Å². The van der Waals surface area contributed by atoms with Crippen molar-refractivity contribution in [2.45, 2.75) is 6.42 Å². The first-order valence-electron chi connectivity index (χ1n) is 8.42. The number of aromatic nitrogens is 2. The van der Waals surface area contributed by atoms with Gasteiger partial charge in [0, 0.05) is 12.2 Å². The van der Waals surface area contributed by atoms with Crippen molar-refractivity contribution in [3.63, 3.8) is 0 Å². The van der Waals surface area contributed by atoms with Crippen LogP contribution < -0.4 is 10.6 Å². The molecular weight excluding hydrogens is 362 g/mol. The highest BCUT2D eigenvalue weighted by Crippen LogP contribution is 2.31. The lowest BCUT2D eigenvalue weighted by molar-refractivity contribution is -0.383. The van der Waals surface area contributed by atoms with Crippen LogP contribution in [0.5, 0.6) is 0 Å². The average molecular weight is 379 g/mol. The van der Waals surface area contributed by atoms with E-state index in [1.54, 1.807) is 0 Å². The minimum absolute atomic E-state index is 0.0188. The third-order valence-electron chi connectivity index (χ3n) is 3.95. The van der Waals surface area contributed by atoms with Crippen molar-refractivity contribution in [2.75, 3.05) is 17.2 Å². The van der Waals surface area contributed by atoms with Crippen LogP contribution in [-0.4, -0.2) is 32.5 Å². The van der Waals surface area contributed by atoms with E-state index in [-0.39, 0.29) is 22.9 Å². The van der Waals surface area contributed by atoms with E-state index in [2.05, 4.69) is 20.6 Å². The topological polar surface area (TPSA) is 130 Å². The molecule has 3 aromatic rings. The van der Waals surface area contributed by atoms with Crippen LogP contribution in [0.4, 0.5) is 23.0 Å².